The summed E-state index contributed by atoms with van der Waals surface area (Å²) in [6.07, 6.45) is 4.66. The Kier molecular flexibility index (Phi) is 5.66. The largest absolute Gasteiger partial charge is 0.295 e. The topological polar surface area (TPSA) is 17.1 Å². The fourth-order valence-corrected chi connectivity index (χ4v) is 1.32. The first-order chi connectivity index (χ1) is 6.43. The molecule has 0 radical (unpaired) electrons. The van der Waals surface area contributed by atoms with Crippen molar-refractivity contribution in [2.24, 2.45) is 5.92 Å². The molecule has 0 heterocycles. The molecular formula is C12H21FO. The van der Waals surface area contributed by atoms with Crippen LogP contribution in [-0.2, 0) is 4.79 Å². The third-order valence-corrected chi connectivity index (χ3v) is 2.59. The second-order valence-corrected chi connectivity index (χ2v) is 4.05. The number of carbonyl (C=O) groups is 1. The second kappa shape index (κ2) is 5.94. The van der Waals surface area contributed by atoms with Crippen LogP contribution in [0.3, 0.4) is 0 Å². The highest BCUT2D eigenvalue weighted by molar-refractivity contribution is 5.87. The minimum absolute atomic E-state index is 0.0929. The van der Waals surface area contributed by atoms with Gasteiger partial charge in [-0.1, -0.05) is 27.2 Å². The van der Waals surface area contributed by atoms with Gasteiger partial charge in [0, 0.05) is 0 Å². The summed E-state index contributed by atoms with van der Waals surface area (Å²) in [5.41, 5.74) is -1.30. The van der Waals surface area contributed by atoms with Crippen LogP contribution in [0, 0.1) is 5.92 Å². The Bertz CT molecular complexity index is 210. The number of hydrogen-bond acceptors (Lipinski definition) is 1. The predicted molar refractivity (Wildman–Crippen MR) is 58.0 cm³/mol. The van der Waals surface area contributed by atoms with E-state index in [0.29, 0.717) is 18.8 Å². The van der Waals surface area contributed by atoms with E-state index in [0.717, 1.165) is 6.42 Å². The van der Waals surface area contributed by atoms with Gasteiger partial charge in [0.2, 0.25) is 0 Å². The van der Waals surface area contributed by atoms with Crippen molar-refractivity contribution in [3.05, 3.63) is 12.2 Å². The number of rotatable bonds is 6. The van der Waals surface area contributed by atoms with E-state index in [2.05, 4.69) is 6.92 Å². The van der Waals surface area contributed by atoms with Gasteiger partial charge >= 0.3 is 0 Å². The number of allylic oxidation sites excluding steroid dienone is 2. The molecule has 0 amide bonds. The third kappa shape index (κ3) is 5.15. The van der Waals surface area contributed by atoms with Crippen LogP contribution in [0.2, 0.25) is 0 Å². The molecule has 0 rings (SSSR count). The first-order valence-corrected chi connectivity index (χ1v) is 5.32. The Morgan fingerprint density at radius 3 is 2.43 bits per heavy atom. The molecule has 0 saturated heterocycles. The van der Waals surface area contributed by atoms with Crippen LogP contribution in [0.15, 0.2) is 12.2 Å². The Balaban J connectivity index is 4.39. The van der Waals surface area contributed by atoms with Crippen LogP contribution in [0.5, 0.6) is 0 Å². The smallest absolute Gasteiger partial charge is 0.152 e. The zero-order valence-corrected chi connectivity index (χ0v) is 9.64. The summed E-state index contributed by atoms with van der Waals surface area (Å²) in [5, 5.41) is 0. The first kappa shape index (κ1) is 13.3. The monoisotopic (exact) mass is 200 g/mol. The molecule has 0 aromatic carbocycles. The number of ketones is 1. The lowest BCUT2D eigenvalue weighted by Gasteiger charge is -2.23. The van der Waals surface area contributed by atoms with Gasteiger partial charge in [-0.25, -0.2) is 4.39 Å². The van der Waals surface area contributed by atoms with Crippen molar-refractivity contribution in [2.75, 3.05) is 0 Å². The first-order valence-electron chi connectivity index (χ1n) is 5.32. The van der Waals surface area contributed by atoms with E-state index in [1.165, 1.54) is 19.1 Å². The number of hydrogen-bond donors (Lipinski definition) is 0. The van der Waals surface area contributed by atoms with E-state index in [-0.39, 0.29) is 5.78 Å². The Morgan fingerprint density at radius 2 is 2.07 bits per heavy atom. The number of halogens is 1. The van der Waals surface area contributed by atoms with Crippen LogP contribution in [0.1, 0.15) is 47.0 Å². The molecule has 0 aliphatic heterocycles. The molecule has 0 bridgehead atoms. The molecule has 2 unspecified atom stereocenters. The molecule has 2 heteroatoms. The summed E-state index contributed by atoms with van der Waals surface area (Å²) >= 11 is 0. The van der Waals surface area contributed by atoms with Crippen LogP contribution in [0.25, 0.3) is 0 Å². The molecule has 0 spiro atoms. The molecule has 0 N–H and O–H groups in total. The van der Waals surface area contributed by atoms with Crippen LogP contribution in [0.4, 0.5) is 4.39 Å². The summed E-state index contributed by atoms with van der Waals surface area (Å²) < 4.78 is 14.1. The summed E-state index contributed by atoms with van der Waals surface area (Å²) in [6, 6.07) is 0. The summed E-state index contributed by atoms with van der Waals surface area (Å²) in [5.74, 6) is 0.265. The van der Waals surface area contributed by atoms with E-state index in [1.54, 1.807) is 0 Å². The van der Waals surface area contributed by atoms with Gasteiger partial charge in [-0.3, -0.25) is 4.79 Å². The van der Waals surface area contributed by atoms with E-state index < -0.39 is 5.67 Å². The number of carbonyl (C=O) groups excluding carboxylic acids is 1. The van der Waals surface area contributed by atoms with Gasteiger partial charge < -0.3 is 0 Å². The minimum Gasteiger partial charge on any atom is -0.295 e. The molecule has 1 nitrogen and oxygen atoms in total. The Morgan fingerprint density at radius 1 is 1.50 bits per heavy atom. The number of alkyl halides is 1. The van der Waals surface area contributed by atoms with Crippen LogP contribution in [-0.4, -0.2) is 11.5 Å². The zero-order valence-electron chi connectivity index (χ0n) is 9.64. The van der Waals surface area contributed by atoms with E-state index in [9.17, 15) is 9.18 Å². The van der Waals surface area contributed by atoms with E-state index in [1.807, 2.05) is 13.8 Å². The highest BCUT2D eigenvalue weighted by Crippen LogP contribution is 2.28. The van der Waals surface area contributed by atoms with Crippen molar-refractivity contribution in [3.8, 4) is 0 Å². The van der Waals surface area contributed by atoms with Crippen LogP contribution >= 0.6 is 0 Å². The van der Waals surface area contributed by atoms with Gasteiger partial charge in [0.1, 0.15) is 5.67 Å². The quantitative estimate of drug-likeness (QED) is 0.598. The van der Waals surface area contributed by atoms with E-state index in [4.69, 9.17) is 0 Å². The molecule has 14 heavy (non-hydrogen) atoms. The maximum Gasteiger partial charge on any atom is 0.152 e. The normalized spacial score (nSPS) is 18.1. The van der Waals surface area contributed by atoms with Gasteiger partial charge in [0.05, 0.1) is 0 Å². The maximum atomic E-state index is 14.1. The maximum absolute atomic E-state index is 14.1. The lowest BCUT2D eigenvalue weighted by molar-refractivity contribution is -0.112. The molecule has 82 valence electrons. The van der Waals surface area contributed by atoms with Crippen molar-refractivity contribution in [1.82, 2.24) is 0 Å². The van der Waals surface area contributed by atoms with Crippen molar-refractivity contribution in [2.45, 2.75) is 52.6 Å². The predicted octanol–water partition coefficient (Wildman–Crippen LogP) is 3.69. The standard InChI is InChI=1S/C12H21FO/c1-5-10(3)9-12(13,6-2)8-7-11(4)14/h7-8,10H,5-6,9H2,1-4H3/b8-7+. The van der Waals surface area contributed by atoms with Crippen molar-refractivity contribution >= 4 is 5.78 Å². The highest BCUT2D eigenvalue weighted by Gasteiger charge is 2.25. The van der Waals surface area contributed by atoms with Gasteiger partial charge in [0.25, 0.3) is 0 Å². The SMILES string of the molecule is CCC(C)CC(F)(/C=C/C(C)=O)CC. The van der Waals surface area contributed by atoms with Crippen molar-refractivity contribution in [1.29, 1.82) is 0 Å². The zero-order chi connectivity index (χ0) is 11.2. The van der Waals surface area contributed by atoms with Gasteiger partial charge in [-0.05, 0) is 37.8 Å². The molecule has 0 aliphatic carbocycles. The second-order valence-electron chi connectivity index (χ2n) is 4.05. The van der Waals surface area contributed by atoms with Gasteiger partial charge in [-0.2, -0.15) is 0 Å². The molecule has 0 fully saturated rings. The molecule has 0 aromatic rings. The summed E-state index contributed by atoms with van der Waals surface area (Å²) in [4.78, 5) is 10.7. The molecule has 0 aliphatic rings. The summed E-state index contributed by atoms with van der Waals surface area (Å²) in [7, 11) is 0. The average Bonchev–Trinajstić information content (AvgIpc) is 2.14. The minimum atomic E-state index is -1.30. The Hall–Kier alpha value is -0.660. The van der Waals surface area contributed by atoms with Crippen molar-refractivity contribution in [3.63, 3.8) is 0 Å². The van der Waals surface area contributed by atoms with Crippen molar-refractivity contribution < 1.29 is 9.18 Å². The molecule has 2 atom stereocenters. The fraction of sp³-hybridized carbons (Fsp3) is 0.750. The lowest BCUT2D eigenvalue weighted by Crippen LogP contribution is -2.22. The molecule has 0 saturated carbocycles. The molecule has 0 aromatic heterocycles. The fourth-order valence-electron chi connectivity index (χ4n) is 1.32. The van der Waals surface area contributed by atoms with Gasteiger partial charge in [0.15, 0.2) is 5.78 Å². The third-order valence-electron chi connectivity index (χ3n) is 2.59. The Labute approximate surface area is 86.4 Å². The van der Waals surface area contributed by atoms with Gasteiger partial charge in [-0.15, -0.1) is 0 Å². The van der Waals surface area contributed by atoms with E-state index >= 15 is 0 Å². The average molecular weight is 200 g/mol. The summed E-state index contributed by atoms with van der Waals surface area (Å²) in [6.45, 7) is 7.34. The lowest BCUT2D eigenvalue weighted by atomic mass is 9.89. The highest BCUT2D eigenvalue weighted by atomic mass is 19.1. The van der Waals surface area contributed by atoms with Crippen LogP contribution < -0.4 is 0 Å². The molecular weight excluding hydrogens is 179 g/mol.